The zero-order chi connectivity index (χ0) is 34.3. The summed E-state index contributed by atoms with van der Waals surface area (Å²) < 4.78 is 31.7. The average Bonchev–Trinajstić information content (AvgIpc) is 3.18. The summed E-state index contributed by atoms with van der Waals surface area (Å²) in [7, 11) is -1.39. The number of amides is 2. The number of ether oxygens (including phenoxy) is 2. The molecule has 2 aromatic carbocycles. The molecule has 1 saturated heterocycles. The minimum absolute atomic E-state index is 0.0190. The lowest BCUT2D eigenvalue weighted by Crippen LogP contribution is -2.51. The first-order valence-corrected chi connectivity index (χ1v) is 20.4. The number of likely N-dealkylation sites (tertiary alicyclic amines) is 1. The summed E-state index contributed by atoms with van der Waals surface area (Å²) in [5, 5.41) is 0.754. The van der Waals surface area contributed by atoms with Crippen LogP contribution in [-0.2, 0) is 31.1 Å². The Hall–Kier alpha value is -2.88. The van der Waals surface area contributed by atoms with Crippen molar-refractivity contribution in [3.8, 4) is 5.75 Å². The van der Waals surface area contributed by atoms with Crippen LogP contribution in [-0.4, -0.2) is 78.4 Å². The summed E-state index contributed by atoms with van der Waals surface area (Å²) in [6.07, 6.45) is 11.2. The van der Waals surface area contributed by atoms with Crippen LogP contribution in [0.5, 0.6) is 5.75 Å². The Morgan fingerprint density at radius 3 is 2.76 bits per heavy atom. The Bertz CT molecular complexity index is 1750. The third-order valence-electron chi connectivity index (χ3n) is 11.8. The van der Waals surface area contributed by atoms with Crippen molar-refractivity contribution in [1.82, 2.24) is 4.90 Å². The molecule has 1 spiro atoms. The Morgan fingerprint density at radius 2 is 2.00 bits per heavy atom. The highest BCUT2D eigenvalue weighted by Crippen LogP contribution is 2.47. The monoisotopic (exact) mass is 707 g/mol. The number of hydrogen-bond donors (Lipinski definition) is 0. The zero-order valence-corrected chi connectivity index (χ0v) is 30.6. The molecule has 10 heteroatoms. The van der Waals surface area contributed by atoms with E-state index in [0.717, 1.165) is 68.1 Å². The number of fused-ring (bicyclic) bond motifs is 4. The molecule has 1 saturated carbocycles. The van der Waals surface area contributed by atoms with Gasteiger partial charge < -0.3 is 19.3 Å². The fourth-order valence-electron chi connectivity index (χ4n) is 8.79. The minimum Gasteiger partial charge on any atom is -0.490 e. The molecule has 2 bridgehead atoms. The predicted molar refractivity (Wildman–Crippen MR) is 195 cm³/mol. The van der Waals surface area contributed by atoms with Crippen molar-refractivity contribution in [2.24, 2.45) is 28.0 Å². The molecule has 2 aromatic rings. The van der Waals surface area contributed by atoms with Crippen molar-refractivity contribution in [2.45, 2.75) is 70.3 Å². The van der Waals surface area contributed by atoms with Gasteiger partial charge in [0.15, 0.2) is 0 Å². The Balaban J connectivity index is 1.28. The maximum Gasteiger partial charge on any atom is 0.285 e. The van der Waals surface area contributed by atoms with Gasteiger partial charge in [0.2, 0.25) is 5.91 Å². The number of nitrogens with zero attached hydrogens (tertiary/aromatic N) is 3. The van der Waals surface area contributed by atoms with Gasteiger partial charge in [-0.2, -0.15) is 4.36 Å². The van der Waals surface area contributed by atoms with Crippen LogP contribution >= 0.6 is 11.6 Å². The SMILES string of the molecule is CCC1CN(C(=O)C[S@@]2(=O)=NC(=O)c3ccc4c(c3)N(C[C@@H]3CC[C@H]3[C@@H](OC)/C=C/C[C@H](C)C2)C[C@@]2(CCCc3cc(Cl)ccc32)CO4)C1. The van der Waals surface area contributed by atoms with Crippen molar-refractivity contribution in [2.75, 3.05) is 56.3 Å². The molecule has 0 aromatic heterocycles. The summed E-state index contributed by atoms with van der Waals surface area (Å²) in [6, 6.07) is 11.8. The molecular weight excluding hydrogens is 658 g/mol. The summed E-state index contributed by atoms with van der Waals surface area (Å²) in [5.74, 6) is 1.19. The van der Waals surface area contributed by atoms with Crippen molar-refractivity contribution >= 4 is 38.8 Å². The molecule has 0 unspecified atom stereocenters. The molecule has 49 heavy (non-hydrogen) atoms. The summed E-state index contributed by atoms with van der Waals surface area (Å²) in [4.78, 5) is 31.5. The second kappa shape index (κ2) is 14.0. The smallest absolute Gasteiger partial charge is 0.285 e. The number of benzene rings is 2. The number of aryl methyl sites for hydroxylation is 1. The van der Waals surface area contributed by atoms with Crippen LogP contribution in [0.1, 0.15) is 73.9 Å². The Morgan fingerprint density at radius 1 is 1.16 bits per heavy atom. The van der Waals surface area contributed by atoms with Crippen LogP contribution in [0, 0.1) is 23.7 Å². The third-order valence-corrected chi connectivity index (χ3v) is 14.3. The fraction of sp³-hybridized carbons (Fsp3) is 0.590. The van der Waals surface area contributed by atoms with Gasteiger partial charge in [-0.3, -0.25) is 9.59 Å². The van der Waals surface area contributed by atoms with Crippen LogP contribution in [0.4, 0.5) is 5.69 Å². The first kappa shape index (κ1) is 34.6. The second-order valence-electron chi connectivity index (χ2n) is 15.3. The summed E-state index contributed by atoms with van der Waals surface area (Å²) in [6.45, 7) is 7.58. The molecule has 2 amide bonds. The van der Waals surface area contributed by atoms with E-state index >= 15 is 0 Å². The van der Waals surface area contributed by atoms with Gasteiger partial charge in [-0.1, -0.05) is 43.7 Å². The van der Waals surface area contributed by atoms with E-state index in [1.807, 2.05) is 25.1 Å². The largest absolute Gasteiger partial charge is 0.490 e. The molecule has 2 fully saturated rings. The molecule has 2 aliphatic carbocycles. The van der Waals surface area contributed by atoms with E-state index in [1.54, 1.807) is 18.1 Å². The fourth-order valence-corrected chi connectivity index (χ4v) is 11.2. The van der Waals surface area contributed by atoms with Crippen LogP contribution in [0.3, 0.4) is 0 Å². The number of halogens is 1. The van der Waals surface area contributed by atoms with Crippen LogP contribution < -0.4 is 9.64 Å². The Kier molecular flexibility index (Phi) is 9.90. The standard InChI is InChI=1S/C39H50ClN3O5S/c1-4-27-19-42(20-27)37(44)23-49(46)22-26(2)7-5-9-35(47-3)32-13-10-30(32)21-43-24-39(16-6-8-28-17-31(40)12-14-33(28)39)25-48-36-15-11-29(18-34(36)43)38(45)41-49/h5,9,11-12,14-15,17-18,26-27,30,32,35H,4,6-8,10,13,16,19-25H2,1-3H3/b9-5+/t26-,30-,32+,35-,39-,49+/m0/s1. The van der Waals surface area contributed by atoms with Gasteiger partial charge in [-0.25, -0.2) is 4.21 Å². The molecule has 6 atom stereocenters. The summed E-state index contributed by atoms with van der Waals surface area (Å²) >= 11 is 6.46. The van der Waals surface area contributed by atoms with Crippen molar-refractivity contribution in [3.05, 3.63) is 70.3 Å². The maximum absolute atomic E-state index is 14.5. The number of allylic oxidation sites excluding steroid dienone is 1. The van der Waals surface area contributed by atoms with Crippen LogP contribution in [0.15, 0.2) is 52.9 Å². The molecule has 264 valence electrons. The Labute approximate surface area is 296 Å². The molecule has 3 heterocycles. The maximum atomic E-state index is 14.5. The second-order valence-corrected chi connectivity index (χ2v) is 18.1. The molecule has 7 rings (SSSR count). The highest BCUT2D eigenvalue weighted by Gasteiger charge is 2.44. The predicted octanol–water partition coefficient (Wildman–Crippen LogP) is 6.93. The van der Waals surface area contributed by atoms with Gasteiger partial charge in [0.1, 0.15) is 11.5 Å². The highest BCUT2D eigenvalue weighted by atomic mass is 35.5. The number of anilines is 1. The number of carbonyl (C=O) groups is 2. The van der Waals surface area contributed by atoms with Crippen LogP contribution in [0.2, 0.25) is 5.02 Å². The topological polar surface area (TPSA) is 88.5 Å². The van der Waals surface area contributed by atoms with E-state index in [-0.39, 0.29) is 34.8 Å². The molecular formula is C39H50ClN3O5S. The van der Waals surface area contributed by atoms with E-state index in [1.165, 1.54) is 11.1 Å². The van der Waals surface area contributed by atoms with Gasteiger partial charge in [0.05, 0.1) is 28.1 Å². The van der Waals surface area contributed by atoms with E-state index in [0.29, 0.717) is 49.4 Å². The number of carbonyl (C=O) groups excluding carboxylic acids is 2. The van der Waals surface area contributed by atoms with E-state index in [4.69, 9.17) is 21.1 Å². The van der Waals surface area contributed by atoms with Crippen molar-refractivity contribution in [3.63, 3.8) is 0 Å². The van der Waals surface area contributed by atoms with Crippen LogP contribution in [0.25, 0.3) is 0 Å². The normalized spacial score (nSPS) is 32.4. The molecule has 3 aliphatic heterocycles. The van der Waals surface area contributed by atoms with E-state index in [9.17, 15) is 13.8 Å². The van der Waals surface area contributed by atoms with Gasteiger partial charge in [-0.05, 0) is 110 Å². The average molecular weight is 708 g/mol. The highest BCUT2D eigenvalue weighted by molar-refractivity contribution is 7.94. The minimum atomic E-state index is -3.17. The van der Waals surface area contributed by atoms with Gasteiger partial charge in [-0.15, -0.1) is 0 Å². The molecule has 0 radical (unpaired) electrons. The number of methoxy groups -OCH3 is 1. The lowest BCUT2D eigenvalue weighted by Gasteiger charge is -2.46. The molecule has 0 N–H and O–H groups in total. The molecule has 5 aliphatic rings. The molecule has 8 nitrogen and oxygen atoms in total. The van der Waals surface area contributed by atoms with E-state index in [2.05, 4.69) is 40.5 Å². The number of rotatable bonds is 4. The first-order chi connectivity index (χ1) is 23.6. The third kappa shape index (κ3) is 7.05. The van der Waals surface area contributed by atoms with Gasteiger partial charge in [0, 0.05) is 55.0 Å². The lowest BCUT2D eigenvalue weighted by molar-refractivity contribution is -0.134. The van der Waals surface area contributed by atoms with Crippen molar-refractivity contribution < 1.29 is 23.3 Å². The van der Waals surface area contributed by atoms with E-state index < -0.39 is 15.6 Å². The van der Waals surface area contributed by atoms with Gasteiger partial charge >= 0.3 is 0 Å². The first-order valence-electron chi connectivity index (χ1n) is 18.1. The number of hydrogen-bond acceptors (Lipinski definition) is 6. The van der Waals surface area contributed by atoms with Gasteiger partial charge in [0.25, 0.3) is 5.91 Å². The van der Waals surface area contributed by atoms with Crippen molar-refractivity contribution in [1.29, 1.82) is 0 Å². The summed E-state index contributed by atoms with van der Waals surface area (Å²) in [5.41, 5.74) is 3.58. The zero-order valence-electron chi connectivity index (χ0n) is 29.1. The lowest BCUT2D eigenvalue weighted by atomic mass is 9.68. The quantitative estimate of drug-likeness (QED) is 0.321.